The largest absolute Gasteiger partial charge is 0.497 e. The Morgan fingerprint density at radius 1 is 1.21 bits per heavy atom. The lowest BCUT2D eigenvalue weighted by Gasteiger charge is -2.32. The molecule has 1 fully saturated rings. The fourth-order valence-corrected chi connectivity index (χ4v) is 4.34. The van der Waals surface area contributed by atoms with Crippen LogP contribution in [0.4, 0.5) is 0 Å². The first-order valence-electron chi connectivity index (χ1n) is 12.7. The van der Waals surface area contributed by atoms with Gasteiger partial charge in [-0.25, -0.2) is 15.9 Å². The number of methoxy groups -OCH3 is 1. The second kappa shape index (κ2) is 12.7. The summed E-state index contributed by atoms with van der Waals surface area (Å²) >= 11 is 0. The molecule has 0 radical (unpaired) electrons. The Hall–Kier alpha value is -3.70. The number of hydrazone groups is 1. The molecular weight excluding hydrogens is 486 g/mol. The molecule has 3 rings (SSSR count). The van der Waals surface area contributed by atoms with Gasteiger partial charge in [0.15, 0.2) is 5.84 Å². The summed E-state index contributed by atoms with van der Waals surface area (Å²) in [6.45, 7) is 5.57. The van der Waals surface area contributed by atoms with Gasteiger partial charge in [-0.1, -0.05) is 12.1 Å². The number of nitrogens with two attached hydrogens (primary N) is 2. The molecule has 11 heteroatoms. The van der Waals surface area contributed by atoms with Crippen molar-refractivity contribution in [3.8, 4) is 5.75 Å². The molecule has 206 valence electrons. The highest BCUT2D eigenvalue weighted by molar-refractivity contribution is 6.00. The van der Waals surface area contributed by atoms with Crippen LogP contribution in [0.5, 0.6) is 5.75 Å². The van der Waals surface area contributed by atoms with Crippen molar-refractivity contribution in [2.45, 2.75) is 64.6 Å². The summed E-state index contributed by atoms with van der Waals surface area (Å²) < 4.78 is 5.22. The van der Waals surface area contributed by atoms with E-state index in [9.17, 15) is 14.7 Å². The van der Waals surface area contributed by atoms with Crippen LogP contribution in [0.15, 0.2) is 41.5 Å². The maximum atomic E-state index is 12.8. The zero-order chi connectivity index (χ0) is 27.9. The van der Waals surface area contributed by atoms with E-state index in [0.29, 0.717) is 36.0 Å². The Labute approximate surface area is 223 Å². The topological polar surface area (TPSA) is 168 Å². The number of aromatic nitrogens is 1. The van der Waals surface area contributed by atoms with Crippen molar-refractivity contribution in [1.82, 2.24) is 20.7 Å². The van der Waals surface area contributed by atoms with Gasteiger partial charge < -0.3 is 26.2 Å². The van der Waals surface area contributed by atoms with Gasteiger partial charge in [-0.15, -0.1) is 5.10 Å². The number of hydrazine groups is 1. The maximum Gasteiger partial charge on any atom is 0.270 e. The van der Waals surface area contributed by atoms with Crippen LogP contribution >= 0.6 is 0 Å². The van der Waals surface area contributed by atoms with Gasteiger partial charge >= 0.3 is 0 Å². The monoisotopic (exact) mass is 525 g/mol. The zero-order valence-electron chi connectivity index (χ0n) is 22.5. The fourth-order valence-electron chi connectivity index (χ4n) is 4.34. The van der Waals surface area contributed by atoms with Gasteiger partial charge in [0.05, 0.1) is 13.7 Å². The SMILES string of the molecule is COc1cccc(CNC(=O)c2cc(/C(N)=N/N(N)CC3CCC(NC(=O)C(C)(C)O)CC3)cc(C)n2)c1. The lowest BCUT2D eigenvalue weighted by atomic mass is 9.85. The Kier molecular flexibility index (Phi) is 9.65. The van der Waals surface area contributed by atoms with Gasteiger partial charge in [-0.2, -0.15) is 0 Å². The van der Waals surface area contributed by atoms with Crippen LogP contribution in [0.25, 0.3) is 0 Å². The highest BCUT2D eigenvalue weighted by atomic mass is 16.5. The van der Waals surface area contributed by atoms with Gasteiger partial charge in [0.1, 0.15) is 17.0 Å². The van der Waals surface area contributed by atoms with Gasteiger partial charge in [-0.3, -0.25) is 9.59 Å². The van der Waals surface area contributed by atoms with Crippen molar-refractivity contribution >= 4 is 17.6 Å². The molecule has 0 spiro atoms. The molecular formula is C27H39N7O4. The summed E-state index contributed by atoms with van der Waals surface area (Å²) in [6.07, 6.45) is 3.34. The molecule has 1 aromatic heterocycles. The predicted octanol–water partition coefficient (Wildman–Crippen LogP) is 1.57. The molecule has 1 aromatic carbocycles. The first-order valence-corrected chi connectivity index (χ1v) is 12.7. The number of carbonyl (C=O) groups is 2. The van der Waals surface area contributed by atoms with Crippen molar-refractivity contribution < 1.29 is 19.4 Å². The van der Waals surface area contributed by atoms with Crippen molar-refractivity contribution in [3.05, 3.63) is 58.9 Å². The molecule has 1 aliphatic carbocycles. The third kappa shape index (κ3) is 8.42. The number of aliphatic hydroxyl groups is 1. The molecule has 1 heterocycles. The number of rotatable bonds is 10. The number of ether oxygens (including phenoxy) is 1. The number of pyridine rings is 1. The minimum absolute atomic E-state index is 0.0400. The zero-order valence-corrected chi connectivity index (χ0v) is 22.5. The Morgan fingerprint density at radius 2 is 1.92 bits per heavy atom. The number of nitrogens with zero attached hydrogens (tertiary/aromatic N) is 3. The Morgan fingerprint density at radius 3 is 2.58 bits per heavy atom. The van der Waals surface area contributed by atoms with Gasteiger partial charge in [0, 0.05) is 23.8 Å². The van der Waals surface area contributed by atoms with Crippen LogP contribution in [-0.4, -0.2) is 58.2 Å². The number of nitrogens with one attached hydrogen (secondary N) is 2. The van der Waals surface area contributed by atoms with Gasteiger partial charge in [-0.05, 0) is 82.2 Å². The molecule has 2 amide bonds. The molecule has 0 aliphatic heterocycles. The smallest absolute Gasteiger partial charge is 0.270 e. The molecule has 2 aromatic rings. The average Bonchev–Trinajstić information content (AvgIpc) is 2.87. The van der Waals surface area contributed by atoms with E-state index in [-0.39, 0.29) is 29.4 Å². The van der Waals surface area contributed by atoms with Gasteiger partial charge in [0.25, 0.3) is 11.8 Å². The minimum Gasteiger partial charge on any atom is -0.497 e. The Balaban J connectivity index is 1.56. The first-order chi connectivity index (χ1) is 17.9. The standard InChI is InChI=1S/C27H39N7O4/c1-17-12-20(14-23(31-17)25(35)30-15-19-6-5-7-22(13-19)38-4)24(28)33-34(29)16-18-8-10-21(11-9-18)32-26(36)27(2,3)37/h5-7,12-14,18,21,37H,8-11,15-16,29H2,1-4H3,(H2,28,33)(H,30,35)(H,32,36). The van der Waals surface area contributed by atoms with E-state index in [1.165, 1.54) is 19.0 Å². The van der Waals surface area contributed by atoms with E-state index in [4.69, 9.17) is 16.3 Å². The first kappa shape index (κ1) is 28.9. The molecule has 11 nitrogen and oxygen atoms in total. The van der Waals surface area contributed by atoms with Crippen LogP contribution in [-0.2, 0) is 11.3 Å². The van der Waals surface area contributed by atoms with E-state index >= 15 is 0 Å². The van der Waals surface area contributed by atoms with E-state index in [1.54, 1.807) is 26.2 Å². The number of amidine groups is 1. The van der Waals surface area contributed by atoms with E-state index in [1.807, 2.05) is 24.3 Å². The molecule has 0 saturated heterocycles. The predicted molar refractivity (Wildman–Crippen MR) is 145 cm³/mol. The summed E-state index contributed by atoms with van der Waals surface area (Å²) in [5.41, 5.74) is 7.16. The van der Waals surface area contributed by atoms with Crippen LogP contribution < -0.4 is 26.9 Å². The second-order valence-electron chi connectivity index (χ2n) is 10.3. The summed E-state index contributed by atoms with van der Waals surface area (Å²) in [7, 11) is 1.59. The Bertz CT molecular complexity index is 1150. The van der Waals surface area contributed by atoms with E-state index in [2.05, 4.69) is 20.7 Å². The van der Waals surface area contributed by atoms with Crippen molar-refractivity contribution in [2.24, 2.45) is 22.6 Å². The summed E-state index contributed by atoms with van der Waals surface area (Å²) in [4.78, 5) is 29.1. The number of benzene rings is 1. The summed E-state index contributed by atoms with van der Waals surface area (Å²) in [5.74, 6) is 6.65. The van der Waals surface area contributed by atoms with Crippen LogP contribution in [0.2, 0.25) is 0 Å². The minimum atomic E-state index is -1.39. The summed E-state index contributed by atoms with van der Waals surface area (Å²) in [6, 6.07) is 10.8. The van der Waals surface area contributed by atoms with Crippen molar-refractivity contribution in [3.63, 3.8) is 0 Å². The van der Waals surface area contributed by atoms with Crippen LogP contribution in [0.1, 0.15) is 66.8 Å². The number of hydrogen-bond acceptors (Lipinski definition) is 8. The van der Waals surface area contributed by atoms with E-state index < -0.39 is 5.60 Å². The molecule has 7 N–H and O–H groups in total. The highest BCUT2D eigenvalue weighted by Gasteiger charge is 2.29. The summed E-state index contributed by atoms with van der Waals surface area (Å²) in [5, 5.41) is 21.3. The number of hydrogen-bond donors (Lipinski definition) is 5. The maximum absolute atomic E-state index is 12.8. The second-order valence-corrected chi connectivity index (χ2v) is 10.3. The molecule has 0 bridgehead atoms. The normalized spacial score (nSPS) is 18.0. The third-order valence-corrected chi connectivity index (χ3v) is 6.49. The lowest BCUT2D eigenvalue weighted by molar-refractivity contribution is -0.137. The van der Waals surface area contributed by atoms with Crippen molar-refractivity contribution in [2.75, 3.05) is 13.7 Å². The molecule has 38 heavy (non-hydrogen) atoms. The number of aryl methyl sites for hydroxylation is 1. The third-order valence-electron chi connectivity index (χ3n) is 6.49. The lowest BCUT2D eigenvalue weighted by Crippen LogP contribution is -2.48. The van der Waals surface area contributed by atoms with Crippen LogP contribution in [0, 0.1) is 12.8 Å². The van der Waals surface area contributed by atoms with Crippen molar-refractivity contribution in [1.29, 1.82) is 0 Å². The molecule has 1 aliphatic rings. The molecule has 1 saturated carbocycles. The number of amides is 2. The highest BCUT2D eigenvalue weighted by Crippen LogP contribution is 2.25. The van der Waals surface area contributed by atoms with E-state index in [0.717, 1.165) is 31.2 Å². The van der Waals surface area contributed by atoms with Crippen LogP contribution in [0.3, 0.4) is 0 Å². The fraction of sp³-hybridized carbons (Fsp3) is 0.481. The molecule has 0 unspecified atom stereocenters. The van der Waals surface area contributed by atoms with Gasteiger partial charge in [0.2, 0.25) is 0 Å². The average molecular weight is 526 g/mol. The quantitative estimate of drug-likeness (QED) is 0.135. The number of carbonyl (C=O) groups excluding carboxylic acids is 2. The molecule has 0 atom stereocenters.